The van der Waals surface area contributed by atoms with Gasteiger partial charge in [-0.3, -0.25) is 0 Å². The molecule has 14 heavy (non-hydrogen) atoms. The van der Waals surface area contributed by atoms with E-state index in [0.29, 0.717) is 11.5 Å². The number of hydrogen-bond acceptors (Lipinski definition) is 5. The Morgan fingerprint density at radius 2 is 1.86 bits per heavy atom. The molecule has 0 N–H and O–H groups in total. The predicted molar refractivity (Wildman–Crippen MR) is 50.2 cm³/mol. The molecule has 5 heteroatoms. The van der Waals surface area contributed by atoms with Crippen LogP contribution in [0, 0.1) is 5.21 Å². The maximum absolute atomic E-state index is 10.4. The van der Waals surface area contributed by atoms with E-state index in [-0.39, 0.29) is 11.3 Å². The van der Waals surface area contributed by atoms with Gasteiger partial charge in [-0.2, -0.15) is 0 Å². The highest BCUT2D eigenvalue weighted by Gasteiger charge is 2.16. The molecule has 1 aliphatic carbocycles. The van der Waals surface area contributed by atoms with Crippen molar-refractivity contribution in [3.8, 4) is 0 Å². The van der Waals surface area contributed by atoms with E-state index in [9.17, 15) is 10.0 Å². The summed E-state index contributed by atoms with van der Waals surface area (Å²) < 4.78 is 9.86. The zero-order chi connectivity index (χ0) is 10.6. The van der Waals surface area contributed by atoms with Crippen LogP contribution in [-0.4, -0.2) is 25.9 Å². The fraction of sp³-hybridized carbons (Fsp3) is 0.222. The monoisotopic (exact) mass is 194 g/mol. The lowest BCUT2D eigenvalue weighted by atomic mass is 10.1. The average Bonchev–Trinajstić information content (AvgIpc) is 2.26. The third-order valence-electron chi connectivity index (χ3n) is 1.71. The molecule has 1 aliphatic rings. The summed E-state index contributed by atoms with van der Waals surface area (Å²) in [6, 6.07) is 0. The Labute approximate surface area is 80.6 Å². The van der Waals surface area contributed by atoms with Crippen molar-refractivity contribution < 1.29 is 14.3 Å². The first kappa shape index (κ1) is 10.1. The van der Waals surface area contributed by atoms with Gasteiger partial charge in [-0.25, -0.2) is 4.79 Å². The number of hydrogen-bond donors (Lipinski definition) is 0. The molecule has 0 fully saturated rings. The van der Waals surface area contributed by atoms with E-state index in [1.54, 1.807) is 5.94 Å². The van der Waals surface area contributed by atoms with Crippen LogP contribution >= 0.6 is 0 Å². The lowest BCUT2D eigenvalue weighted by molar-refractivity contribution is 0.220. The highest BCUT2D eigenvalue weighted by Crippen LogP contribution is 2.20. The molecule has 0 aromatic heterocycles. The highest BCUT2D eigenvalue weighted by atomic mass is 16.5. The second-order valence-corrected chi connectivity index (χ2v) is 2.42. The Hall–Kier alpha value is -2.00. The third-order valence-corrected chi connectivity index (χ3v) is 1.71. The van der Waals surface area contributed by atoms with E-state index < -0.39 is 0 Å². The van der Waals surface area contributed by atoms with Crippen molar-refractivity contribution in [1.29, 1.82) is 0 Å². The number of carbonyl (C=O) groups excluding carboxylic acids is 1. The summed E-state index contributed by atoms with van der Waals surface area (Å²) in [6.45, 7) is 0. The Balaban J connectivity index is 3.20. The summed E-state index contributed by atoms with van der Waals surface area (Å²) in [4.78, 5) is 10.4. The molecule has 0 spiro atoms. The van der Waals surface area contributed by atoms with Crippen molar-refractivity contribution in [3.05, 3.63) is 34.5 Å². The molecule has 5 nitrogen and oxygen atoms in total. The lowest BCUT2D eigenvalue weighted by Gasteiger charge is -2.15. The standard InChI is InChI=1S/C9H9NO4/c1-13-8-3-6(5-11)7(10-12)4-9(8)14-2/h3-4,12H,1-2H3/p-1/b10-7-. The zero-order valence-electron chi connectivity index (χ0n) is 7.73. The maximum atomic E-state index is 10.4. The number of allylic oxidation sites excluding steroid dienone is 3. The normalized spacial score (nSPS) is 18.4. The molecule has 0 amide bonds. The first-order valence-electron chi connectivity index (χ1n) is 3.74. The van der Waals surface area contributed by atoms with Crippen LogP contribution in [0.1, 0.15) is 0 Å². The van der Waals surface area contributed by atoms with Crippen molar-refractivity contribution in [1.82, 2.24) is 0 Å². The van der Waals surface area contributed by atoms with Crippen LogP contribution in [0.2, 0.25) is 0 Å². The topological polar surface area (TPSA) is 71.0 Å². The molecule has 74 valence electrons. The van der Waals surface area contributed by atoms with Gasteiger partial charge < -0.3 is 19.8 Å². The minimum atomic E-state index is -0.0161. The largest absolute Gasteiger partial charge is 0.791 e. The quantitative estimate of drug-likeness (QED) is 0.480. The minimum Gasteiger partial charge on any atom is -0.791 e. The van der Waals surface area contributed by atoms with Crippen molar-refractivity contribution in [3.63, 3.8) is 0 Å². The van der Waals surface area contributed by atoms with Gasteiger partial charge in [0.25, 0.3) is 0 Å². The maximum Gasteiger partial charge on any atom is 0.162 e. The Kier molecular flexibility index (Phi) is 3.09. The molecule has 0 saturated heterocycles. The smallest absolute Gasteiger partial charge is 0.162 e. The van der Waals surface area contributed by atoms with Gasteiger partial charge in [-0.1, -0.05) is 0 Å². The molecule has 0 aromatic rings. The van der Waals surface area contributed by atoms with Crippen LogP contribution in [0.25, 0.3) is 0 Å². The van der Waals surface area contributed by atoms with Gasteiger partial charge in [0.15, 0.2) is 11.5 Å². The Morgan fingerprint density at radius 3 is 2.29 bits per heavy atom. The second kappa shape index (κ2) is 4.30. The van der Waals surface area contributed by atoms with Crippen molar-refractivity contribution in [2.24, 2.45) is 5.16 Å². The van der Waals surface area contributed by atoms with Gasteiger partial charge in [0, 0.05) is 12.2 Å². The van der Waals surface area contributed by atoms with Crippen molar-refractivity contribution in [2.75, 3.05) is 14.2 Å². The van der Waals surface area contributed by atoms with Crippen LogP contribution in [0.5, 0.6) is 0 Å². The number of methoxy groups -OCH3 is 2. The van der Waals surface area contributed by atoms with Gasteiger partial charge in [0.05, 0.1) is 25.5 Å². The van der Waals surface area contributed by atoms with Crippen LogP contribution in [0.3, 0.4) is 0 Å². The van der Waals surface area contributed by atoms with Gasteiger partial charge >= 0.3 is 0 Å². The summed E-state index contributed by atoms with van der Waals surface area (Å²) in [6.07, 6.45) is 2.68. The molecule has 0 aromatic carbocycles. The lowest BCUT2D eigenvalue weighted by Crippen LogP contribution is -2.09. The van der Waals surface area contributed by atoms with E-state index in [1.807, 2.05) is 0 Å². The Bertz CT molecular complexity index is 372. The van der Waals surface area contributed by atoms with Gasteiger partial charge in [-0.05, 0) is 0 Å². The fourth-order valence-electron chi connectivity index (χ4n) is 1.03. The van der Waals surface area contributed by atoms with E-state index in [0.717, 1.165) is 0 Å². The fourth-order valence-corrected chi connectivity index (χ4v) is 1.03. The highest BCUT2D eigenvalue weighted by molar-refractivity contribution is 6.16. The molecule has 0 unspecified atom stereocenters. The SMILES string of the molecule is COC1=CC(=C=O)/C(=N\[O-])C=C1OC. The summed E-state index contributed by atoms with van der Waals surface area (Å²) in [5, 5.41) is 13.0. The third kappa shape index (κ3) is 1.67. The van der Waals surface area contributed by atoms with Crippen molar-refractivity contribution >= 4 is 11.7 Å². The second-order valence-electron chi connectivity index (χ2n) is 2.42. The summed E-state index contributed by atoms with van der Waals surface area (Å²) in [5.41, 5.74) is 0.0373. The molecule has 0 bridgehead atoms. The summed E-state index contributed by atoms with van der Waals surface area (Å²) >= 11 is 0. The minimum absolute atomic E-state index is 0.0161. The molecule has 1 rings (SSSR count). The molecule has 0 aliphatic heterocycles. The molecular formula is C9H8NO4-. The molecule has 0 heterocycles. The van der Waals surface area contributed by atoms with Crippen LogP contribution in [0.4, 0.5) is 0 Å². The first-order valence-corrected chi connectivity index (χ1v) is 3.74. The van der Waals surface area contributed by atoms with Crippen LogP contribution in [-0.2, 0) is 14.3 Å². The Morgan fingerprint density at radius 1 is 1.29 bits per heavy atom. The van der Waals surface area contributed by atoms with E-state index >= 15 is 0 Å². The first-order chi connectivity index (χ1) is 6.76. The average molecular weight is 194 g/mol. The molecule has 0 radical (unpaired) electrons. The van der Waals surface area contributed by atoms with Gasteiger partial charge in [-0.15, -0.1) is 0 Å². The van der Waals surface area contributed by atoms with E-state index in [1.165, 1.54) is 26.4 Å². The predicted octanol–water partition coefficient (Wildman–Crippen LogP) is 0.757. The summed E-state index contributed by atoms with van der Waals surface area (Å²) in [7, 11) is 2.86. The van der Waals surface area contributed by atoms with Crippen molar-refractivity contribution in [2.45, 2.75) is 0 Å². The number of nitrogens with zero attached hydrogens (tertiary/aromatic N) is 1. The zero-order valence-corrected chi connectivity index (χ0v) is 7.73. The van der Waals surface area contributed by atoms with Gasteiger partial charge in [0.1, 0.15) is 5.94 Å². The number of ether oxygens (including phenoxy) is 2. The van der Waals surface area contributed by atoms with Gasteiger partial charge in [0.2, 0.25) is 0 Å². The summed E-state index contributed by atoms with van der Waals surface area (Å²) in [5.74, 6) is 2.30. The number of rotatable bonds is 2. The van der Waals surface area contributed by atoms with E-state index in [4.69, 9.17) is 9.47 Å². The molecule has 0 atom stereocenters. The molecule has 0 saturated carbocycles. The van der Waals surface area contributed by atoms with Crippen LogP contribution < -0.4 is 0 Å². The van der Waals surface area contributed by atoms with Crippen LogP contribution in [0.15, 0.2) is 34.4 Å². The molecular weight excluding hydrogens is 186 g/mol. The van der Waals surface area contributed by atoms with E-state index in [2.05, 4.69) is 5.16 Å².